The number of carbonyl (C=O) groups is 2. The Hall–Kier alpha value is -1.07. The molecule has 0 fully saturated rings. The van der Waals surface area contributed by atoms with Crippen LogP contribution in [-0.2, 0) is 9.47 Å². The molecule has 2 bridgehead atoms. The number of nitrogens with zero attached hydrogens (tertiary/aromatic N) is 1. The number of pyridine rings is 1. The van der Waals surface area contributed by atoms with Crippen LogP contribution in [0.3, 0.4) is 0 Å². The van der Waals surface area contributed by atoms with E-state index >= 15 is 0 Å². The molecule has 7 nitrogen and oxygen atoms in total. The summed E-state index contributed by atoms with van der Waals surface area (Å²) in [5.74, 6) is -0.649. The standard InChI is InChI=1S/C13H17N3O4.Pb/c17-12-10-2-1-3-11(16-10)13(18)15-5-7-20-9-8-19-6-4-14-12;/h1-3H,4-9H2,(H,14,17)(H,15,18);/q;+2. The third kappa shape index (κ3) is 6.06. The average molecular weight is 486 g/mol. The van der Waals surface area contributed by atoms with E-state index in [9.17, 15) is 9.59 Å². The van der Waals surface area contributed by atoms with Crippen LogP contribution in [0.5, 0.6) is 0 Å². The van der Waals surface area contributed by atoms with Gasteiger partial charge in [0.05, 0.1) is 26.4 Å². The zero-order valence-electron chi connectivity index (χ0n) is 11.6. The van der Waals surface area contributed by atoms with Crippen molar-refractivity contribution in [2.75, 3.05) is 39.5 Å². The van der Waals surface area contributed by atoms with Crippen molar-refractivity contribution in [3.63, 3.8) is 0 Å². The van der Waals surface area contributed by atoms with E-state index in [4.69, 9.17) is 9.47 Å². The van der Waals surface area contributed by atoms with Crippen molar-refractivity contribution in [1.29, 1.82) is 0 Å². The summed E-state index contributed by atoms with van der Waals surface area (Å²) in [5, 5.41) is 5.35. The Balaban J connectivity index is 0.00000220. The van der Waals surface area contributed by atoms with Crippen molar-refractivity contribution >= 4 is 39.1 Å². The number of rotatable bonds is 0. The zero-order chi connectivity index (χ0) is 14.2. The minimum Gasteiger partial charge on any atom is -0.377 e. The first-order valence-corrected chi connectivity index (χ1v) is 6.46. The number of nitrogens with one attached hydrogen (secondary N) is 2. The largest absolute Gasteiger partial charge is 2.00 e. The first-order chi connectivity index (χ1) is 9.77. The van der Waals surface area contributed by atoms with Gasteiger partial charge in [0.15, 0.2) is 0 Å². The van der Waals surface area contributed by atoms with Gasteiger partial charge in [-0.3, -0.25) is 9.59 Å². The zero-order valence-corrected chi connectivity index (χ0v) is 15.4. The molecule has 2 radical (unpaired) electrons. The molecule has 0 atom stereocenters. The summed E-state index contributed by atoms with van der Waals surface area (Å²) in [6.07, 6.45) is 0. The molecule has 0 saturated heterocycles. The molecular weight excluding hydrogens is 469 g/mol. The van der Waals surface area contributed by atoms with Gasteiger partial charge in [-0.05, 0) is 12.1 Å². The molecule has 110 valence electrons. The summed E-state index contributed by atoms with van der Waals surface area (Å²) in [4.78, 5) is 27.7. The molecule has 1 aromatic rings. The number of carbonyl (C=O) groups excluding carboxylic acids is 2. The van der Waals surface area contributed by atoms with E-state index in [-0.39, 0.29) is 50.5 Å². The fourth-order valence-corrected chi connectivity index (χ4v) is 1.66. The molecule has 1 aliphatic rings. The maximum atomic E-state index is 11.8. The molecule has 2 rings (SSSR count). The van der Waals surface area contributed by atoms with Gasteiger partial charge < -0.3 is 20.1 Å². The minimum absolute atomic E-state index is 0. The SMILES string of the molecule is O=C1NCCOCCOCCNC(=O)c2cccc1n2.[Pb+2]. The van der Waals surface area contributed by atoms with E-state index in [0.717, 1.165) is 0 Å². The van der Waals surface area contributed by atoms with E-state index in [2.05, 4.69) is 15.6 Å². The second-order valence-electron chi connectivity index (χ2n) is 4.14. The molecule has 2 heterocycles. The number of hydrogen-bond acceptors (Lipinski definition) is 5. The van der Waals surface area contributed by atoms with Gasteiger partial charge in [-0.25, -0.2) is 4.98 Å². The summed E-state index contributed by atoms with van der Waals surface area (Å²) >= 11 is 0. The van der Waals surface area contributed by atoms with E-state index < -0.39 is 0 Å². The number of hydrogen-bond donors (Lipinski definition) is 2. The summed E-state index contributed by atoms with van der Waals surface area (Å²) in [7, 11) is 0. The Labute approximate surface area is 142 Å². The van der Waals surface area contributed by atoms with Gasteiger partial charge >= 0.3 is 27.3 Å². The van der Waals surface area contributed by atoms with E-state index in [1.807, 2.05) is 0 Å². The van der Waals surface area contributed by atoms with Crippen LogP contribution in [0, 0.1) is 0 Å². The second-order valence-corrected chi connectivity index (χ2v) is 4.14. The van der Waals surface area contributed by atoms with Crippen LogP contribution >= 0.6 is 0 Å². The van der Waals surface area contributed by atoms with Crippen molar-refractivity contribution in [2.45, 2.75) is 0 Å². The fraction of sp³-hybridized carbons (Fsp3) is 0.462. The quantitative estimate of drug-likeness (QED) is 0.470. The maximum absolute atomic E-state index is 11.8. The van der Waals surface area contributed by atoms with Crippen LogP contribution in [0.15, 0.2) is 18.2 Å². The summed E-state index contributed by atoms with van der Waals surface area (Å²) in [6.45, 7) is 2.50. The van der Waals surface area contributed by atoms with E-state index in [0.29, 0.717) is 39.5 Å². The number of amides is 2. The topological polar surface area (TPSA) is 89.5 Å². The van der Waals surface area contributed by atoms with Crippen LogP contribution in [0.2, 0.25) is 0 Å². The van der Waals surface area contributed by atoms with E-state index in [1.54, 1.807) is 18.2 Å². The van der Waals surface area contributed by atoms with Gasteiger partial charge in [-0.1, -0.05) is 6.07 Å². The Morgan fingerprint density at radius 2 is 1.33 bits per heavy atom. The van der Waals surface area contributed by atoms with Gasteiger partial charge in [-0.2, -0.15) is 0 Å². The van der Waals surface area contributed by atoms with E-state index in [1.165, 1.54) is 0 Å². The van der Waals surface area contributed by atoms with Crippen molar-refractivity contribution in [3.05, 3.63) is 29.6 Å². The molecule has 0 aliphatic carbocycles. The predicted molar refractivity (Wildman–Crippen MR) is 76.3 cm³/mol. The maximum Gasteiger partial charge on any atom is 2.00 e. The second kappa shape index (κ2) is 9.79. The third-order valence-electron chi connectivity index (χ3n) is 2.65. The molecule has 2 N–H and O–H groups in total. The monoisotopic (exact) mass is 487 g/mol. The van der Waals surface area contributed by atoms with Crippen molar-refractivity contribution in [3.8, 4) is 0 Å². The minimum atomic E-state index is -0.325. The number of aromatic nitrogens is 1. The fourth-order valence-electron chi connectivity index (χ4n) is 1.66. The molecule has 0 spiro atoms. The molecule has 1 aromatic heterocycles. The first kappa shape index (κ1) is 18.0. The predicted octanol–water partition coefficient (Wildman–Crippen LogP) is -0.793. The number of fused-ring (bicyclic) bond motifs is 2. The summed E-state index contributed by atoms with van der Waals surface area (Å²) in [6, 6.07) is 4.75. The van der Waals surface area contributed by atoms with Crippen molar-refractivity contribution in [2.24, 2.45) is 0 Å². The Bertz CT molecular complexity index is 445. The van der Waals surface area contributed by atoms with Crippen LogP contribution < -0.4 is 10.6 Å². The molecule has 0 unspecified atom stereocenters. The van der Waals surface area contributed by atoms with Crippen LogP contribution in [0.1, 0.15) is 21.0 Å². The molecule has 0 saturated carbocycles. The van der Waals surface area contributed by atoms with Crippen molar-refractivity contribution in [1.82, 2.24) is 15.6 Å². The van der Waals surface area contributed by atoms with Gasteiger partial charge in [0, 0.05) is 13.1 Å². The molecule has 1 aliphatic heterocycles. The molecule has 8 heteroatoms. The van der Waals surface area contributed by atoms with Crippen LogP contribution in [-0.4, -0.2) is 83.6 Å². The van der Waals surface area contributed by atoms with Crippen molar-refractivity contribution < 1.29 is 19.1 Å². The summed E-state index contributed by atoms with van der Waals surface area (Å²) < 4.78 is 10.6. The normalized spacial score (nSPS) is 17.5. The summed E-state index contributed by atoms with van der Waals surface area (Å²) in [5.41, 5.74) is 0.424. The third-order valence-corrected chi connectivity index (χ3v) is 2.65. The average Bonchev–Trinajstić information content (AvgIpc) is 2.48. The molecule has 21 heavy (non-hydrogen) atoms. The Kier molecular flexibility index (Phi) is 8.39. The molecule has 0 aromatic carbocycles. The van der Waals surface area contributed by atoms with Gasteiger partial charge in [0.1, 0.15) is 11.4 Å². The Morgan fingerprint density at radius 3 is 1.81 bits per heavy atom. The molecule has 2 amide bonds. The van der Waals surface area contributed by atoms with Gasteiger partial charge in [-0.15, -0.1) is 0 Å². The first-order valence-electron chi connectivity index (χ1n) is 6.46. The number of ether oxygens (including phenoxy) is 2. The van der Waals surface area contributed by atoms with Crippen LogP contribution in [0.25, 0.3) is 0 Å². The van der Waals surface area contributed by atoms with Crippen LogP contribution in [0.4, 0.5) is 0 Å². The van der Waals surface area contributed by atoms with Gasteiger partial charge in [0.2, 0.25) is 0 Å². The van der Waals surface area contributed by atoms with Gasteiger partial charge in [0.25, 0.3) is 11.8 Å². The smallest absolute Gasteiger partial charge is 0.377 e. The Morgan fingerprint density at radius 1 is 0.857 bits per heavy atom. The molecular formula is C13H17N3O4Pb+2.